The molecule has 28 heavy (non-hydrogen) atoms. The summed E-state index contributed by atoms with van der Waals surface area (Å²) in [5, 5.41) is 19.1. The van der Waals surface area contributed by atoms with Gasteiger partial charge in [-0.15, -0.1) is 0 Å². The lowest BCUT2D eigenvalue weighted by Crippen LogP contribution is -2.65. The summed E-state index contributed by atoms with van der Waals surface area (Å²) in [6.45, 7) is 14.7. The molecular formula is C18H34Cl2N5O2P. The van der Waals surface area contributed by atoms with Crippen LogP contribution in [0.4, 0.5) is 0 Å². The molecule has 0 fully saturated rings. The zero-order chi connectivity index (χ0) is 22.7. The van der Waals surface area contributed by atoms with Crippen molar-refractivity contribution < 1.29 is 9.05 Å². The fourth-order valence-corrected chi connectivity index (χ4v) is 6.88. The minimum Gasteiger partial charge on any atom is -0.311 e. The molecule has 6 N–H and O–H groups in total. The number of nitrogens with two attached hydrogens (primary N) is 3. The van der Waals surface area contributed by atoms with Crippen LogP contribution in [0, 0.1) is 46.3 Å². The predicted octanol–water partition coefficient (Wildman–Crippen LogP) is 4.14. The molecule has 0 aromatic heterocycles. The van der Waals surface area contributed by atoms with Gasteiger partial charge in [-0.2, -0.15) is 10.5 Å². The average Bonchev–Trinajstić information content (AvgIpc) is 2.55. The number of rotatable bonds is 10. The average molecular weight is 454 g/mol. The monoisotopic (exact) mass is 453 g/mol. The maximum atomic E-state index is 9.57. The van der Waals surface area contributed by atoms with Gasteiger partial charge in [0.25, 0.3) is 8.53 Å². The highest BCUT2D eigenvalue weighted by Crippen LogP contribution is 2.54. The van der Waals surface area contributed by atoms with E-state index in [1.165, 1.54) is 0 Å². The van der Waals surface area contributed by atoms with Crippen molar-refractivity contribution >= 4 is 31.7 Å². The molecule has 0 rings (SSSR count). The number of nitriles is 2. The summed E-state index contributed by atoms with van der Waals surface area (Å²) in [6, 6.07) is 3.83. The first-order valence-corrected chi connectivity index (χ1v) is 11.2. The highest BCUT2D eigenvalue weighted by atomic mass is 35.5. The molecule has 0 saturated carbocycles. The van der Waals surface area contributed by atoms with Crippen LogP contribution in [0.3, 0.4) is 0 Å². The highest BCUT2D eigenvalue weighted by Gasteiger charge is 2.59. The van der Waals surface area contributed by atoms with E-state index < -0.39 is 29.7 Å². The summed E-state index contributed by atoms with van der Waals surface area (Å²) in [6.07, 6.45) is 0. The molecule has 162 valence electrons. The van der Waals surface area contributed by atoms with E-state index >= 15 is 0 Å². The van der Waals surface area contributed by atoms with E-state index in [1.807, 2.05) is 67.5 Å². The SMILES string of the molecule is CC(C)C(OP(N)OC(C(C)C)(C(C)C)C(N)(Cl)C#N)(C(C)C)C(N)(Cl)C#N. The summed E-state index contributed by atoms with van der Waals surface area (Å²) in [4.78, 5) is -3.71. The van der Waals surface area contributed by atoms with Crippen molar-refractivity contribution in [3.8, 4) is 12.1 Å². The normalized spacial score (nSPS) is 18.7. The van der Waals surface area contributed by atoms with Gasteiger partial charge in [-0.3, -0.25) is 17.0 Å². The molecule has 0 aliphatic rings. The molecule has 7 nitrogen and oxygen atoms in total. The van der Waals surface area contributed by atoms with Crippen molar-refractivity contribution in [1.29, 1.82) is 10.5 Å². The summed E-state index contributed by atoms with van der Waals surface area (Å²) in [5.74, 6) is -1.08. The lowest BCUT2D eigenvalue weighted by Gasteiger charge is -2.51. The van der Waals surface area contributed by atoms with Crippen molar-refractivity contribution in [3.05, 3.63) is 0 Å². The number of halogens is 2. The van der Waals surface area contributed by atoms with Crippen LogP contribution >= 0.6 is 31.7 Å². The number of hydrogen-bond donors (Lipinski definition) is 3. The van der Waals surface area contributed by atoms with E-state index in [4.69, 9.17) is 49.2 Å². The highest BCUT2D eigenvalue weighted by molar-refractivity contribution is 7.44. The molecule has 0 amide bonds. The molecule has 0 saturated heterocycles. The second-order valence-electron chi connectivity index (χ2n) is 8.32. The first kappa shape index (κ1) is 27.8. The van der Waals surface area contributed by atoms with E-state index in [9.17, 15) is 10.5 Å². The van der Waals surface area contributed by atoms with Gasteiger partial charge in [0.1, 0.15) is 23.3 Å². The molecular weight excluding hydrogens is 420 g/mol. The van der Waals surface area contributed by atoms with Crippen LogP contribution in [0.2, 0.25) is 0 Å². The Hall–Kier alpha value is -0.210. The Morgan fingerprint density at radius 1 is 0.714 bits per heavy atom. The lowest BCUT2D eigenvalue weighted by atomic mass is 9.75. The standard InChI is InChI=1S/C18H34Cl2N5O2P/c1-11(2)17(12(3)4,15(19,23)9-21)26-28(25)27-18(13(5)6,14(7)8)16(20,24)10-22/h11-14H,23-25H2,1-8H3. The Balaban J connectivity index is 6.30. The largest absolute Gasteiger partial charge is 0.311 e. The second-order valence-corrected chi connectivity index (χ2v) is 10.4. The van der Waals surface area contributed by atoms with Gasteiger partial charge in [0.05, 0.1) is 0 Å². The van der Waals surface area contributed by atoms with Gasteiger partial charge in [-0.25, -0.2) is 0 Å². The second kappa shape index (κ2) is 9.73. The van der Waals surface area contributed by atoms with Crippen molar-refractivity contribution in [2.45, 2.75) is 76.6 Å². The molecule has 0 spiro atoms. The van der Waals surface area contributed by atoms with Gasteiger partial charge in [0.15, 0.2) is 0 Å². The van der Waals surface area contributed by atoms with Crippen LogP contribution in [0.1, 0.15) is 55.4 Å². The van der Waals surface area contributed by atoms with Crippen LogP contribution < -0.4 is 17.0 Å². The third-order valence-corrected chi connectivity index (χ3v) is 7.10. The van der Waals surface area contributed by atoms with Gasteiger partial charge < -0.3 is 9.05 Å². The Labute approximate surface area is 180 Å². The molecule has 0 aromatic rings. The molecule has 0 heterocycles. The quantitative estimate of drug-likeness (QED) is 0.256. The van der Waals surface area contributed by atoms with Gasteiger partial charge in [0.2, 0.25) is 10.00 Å². The minimum atomic E-state index is -2.16. The minimum absolute atomic E-state index is 0.270. The summed E-state index contributed by atoms with van der Waals surface area (Å²) in [7, 11) is -2.16. The van der Waals surface area contributed by atoms with E-state index in [1.54, 1.807) is 0 Å². The van der Waals surface area contributed by atoms with Crippen molar-refractivity contribution in [2.24, 2.45) is 40.6 Å². The van der Waals surface area contributed by atoms with Crippen molar-refractivity contribution in [1.82, 2.24) is 0 Å². The van der Waals surface area contributed by atoms with E-state index in [2.05, 4.69) is 0 Å². The Morgan fingerprint density at radius 3 is 1.07 bits per heavy atom. The maximum Gasteiger partial charge on any atom is 0.254 e. The lowest BCUT2D eigenvalue weighted by molar-refractivity contribution is -0.0825. The number of alkyl halides is 2. The molecule has 10 heteroatoms. The zero-order valence-corrected chi connectivity index (χ0v) is 20.4. The fraction of sp³-hybridized carbons (Fsp3) is 0.889. The molecule has 0 bridgehead atoms. The summed E-state index contributed by atoms with van der Waals surface area (Å²) in [5.41, 5.74) is 15.9. The van der Waals surface area contributed by atoms with Crippen molar-refractivity contribution in [2.75, 3.05) is 0 Å². The topological polar surface area (TPSA) is 144 Å². The van der Waals surface area contributed by atoms with Crippen molar-refractivity contribution in [3.63, 3.8) is 0 Å². The first-order valence-electron chi connectivity index (χ1n) is 9.21. The third-order valence-electron chi connectivity index (χ3n) is 5.38. The van der Waals surface area contributed by atoms with Crippen LogP contribution in [-0.4, -0.2) is 21.2 Å². The third kappa shape index (κ3) is 4.75. The first-order chi connectivity index (χ1) is 12.5. The van der Waals surface area contributed by atoms with Gasteiger partial charge in [-0.1, -0.05) is 78.6 Å². The predicted molar refractivity (Wildman–Crippen MR) is 115 cm³/mol. The summed E-state index contributed by atoms with van der Waals surface area (Å²) < 4.78 is 12.3. The van der Waals surface area contributed by atoms with Crippen LogP contribution in [0.15, 0.2) is 0 Å². The van der Waals surface area contributed by atoms with Crippen LogP contribution in [0.25, 0.3) is 0 Å². The maximum absolute atomic E-state index is 9.57. The number of nitrogens with zero attached hydrogens (tertiary/aromatic N) is 2. The Bertz CT molecular complexity index is 544. The molecule has 2 atom stereocenters. The van der Waals surface area contributed by atoms with E-state index in [0.717, 1.165) is 0 Å². The molecule has 2 unspecified atom stereocenters. The smallest absolute Gasteiger partial charge is 0.254 e. The van der Waals surface area contributed by atoms with Crippen LogP contribution in [0.5, 0.6) is 0 Å². The summed E-state index contributed by atoms with van der Waals surface area (Å²) >= 11 is 12.8. The Kier molecular flexibility index (Phi) is 9.66. The molecule has 0 aliphatic carbocycles. The number of hydrogen-bond acceptors (Lipinski definition) is 7. The van der Waals surface area contributed by atoms with Crippen LogP contribution in [-0.2, 0) is 9.05 Å². The van der Waals surface area contributed by atoms with Gasteiger partial charge in [-0.05, 0) is 23.7 Å². The van der Waals surface area contributed by atoms with Gasteiger partial charge in [0, 0.05) is 0 Å². The fourth-order valence-electron chi connectivity index (χ4n) is 4.06. The molecule has 0 aliphatic heterocycles. The molecule has 0 aromatic carbocycles. The Morgan fingerprint density at radius 2 is 0.929 bits per heavy atom. The van der Waals surface area contributed by atoms with E-state index in [0.29, 0.717) is 0 Å². The van der Waals surface area contributed by atoms with Gasteiger partial charge >= 0.3 is 0 Å². The molecule has 0 radical (unpaired) electrons. The zero-order valence-electron chi connectivity index (χ0n) is 18.0. The van der Waals surface area contributed by atoms with E-state index in [-0.39, 0.29) is 23.7 Å².